The molecule has 0 heterocycles. The summed E-state index contributed by atoms with van der Waals surface area (Å²) < 4.78 is 5.48. The monoisotopic (exact) mass is 394 g/mol. The van der Waals surface area contributed by atoms with Crippen molar-refractivity contribution in [1.29, 1.82) is 0 Å². The topological polar surface area (TPSA) is 50.4 Å². The zero-order valence-electron chi connectivity index (χ0n) is 14.7. The number of para-hydroxylation sites is 1. The largest absolute Gasteiger partial charge is 0.496 e. The van der Waals surface area contributed by atoms with Crippen LogP contribution in [0.5, 0.6) is 5.75 Å². The fourth-order valence-corrected chi connectivity index (χ4v) is 3.11. The molecule has 2 aromatic rings. The van der Waals surface area contributed by atoms with Gasteiger partial charge in [-0.25, -0.2) is 0 Å². The van der Waals surface area contributed by atoms with E-state index in [1.54, 1.807) is 7.11 Å². The Morgan fingerprint density at radius 2 is 1.81 bits per heavy atom. The van der Waals surface area contributed by atoms with Crippen molar-refractivity contribution in [2.24, 2.45) is 5.92 Å². The summed E-state index contributed by atoms with van der Waals surface area (Å²) in [5.74, 6) is 1.40. The molecule has 3 rings (SSSR count). The lowest BCUT2D eigenvalue weighted by molar-refractivity contribution is -0.120. The van der Waals surface area contributed by atoms with E-state index < -0.39 is 0 Å². The van der Waals surface area contributed by atoms with E-state index in [2.05, 4.69) is 10.6 Å². The number of methoxy groups -OCH3 is 1. The lowest BCUT2D eigenvalue weighted by Crippen LogP contribution is -2.37. The van der Waals surface area contributed by atoms with Gasteiger partial charge in [0.15, 0.2) is 0 Å². The van der Waals surface area contributed by atoms with Crippen molar-refractivity contribution in [1.82, 2.24) is 10.6 Å². The number of hydrogen-bond donors (Lipinski definition) is 2. The van der Waals surface area contributed by atoms with Gasteiger partial charge in [0.25, 0.3) is 0 Å². The molecule has 0 radical (unpaired) electrons. The first-order valence-electron chi connectivity index (χ1n) is 8.56. The Morgan fingerprint density at radius 3 is 2.46 bits per heavy atom. The molecule has 4 nitrogen and oxygen atoms in total. The van der Waals surface area contributed by atoms with Gasteiger partial charge in [0.05, 0.1) is 19.7 Å². The molecule has 140 valence electrons. The van der Waals surface area contributed by atoms with E-state index in [0.717, 1.165) is 29.3 Å². The first-order chi connectivity index (χ1) is 12.2. The van der Waals surface area contributed by atoms with Crippen molar-refractivity contribution in [2.75, 3.05) is 20.2 Å². The fourth-order valence-electron chi connectivity index (χ4n) is 2.86. The highest BCUT2D eigenvalue weighted by Crippen LogP contribution is 2.33. The number of ether oxygens (including phenoxy) is 1. The van der Waals surface area contributed by atoms with Crippen LogP contribution in [0.1, 0.15) is 30.0 Å². The second-order valence-corrected chi connectivity index (χ2v) is 6.75. The van der Waals surface area contributed by atoms with Crippen LogP contribution in [0.4, 0.5) is 0 Å². The Balaban J connectivity index is 0.00000243. The van der Waals surface area contributed by atoms with Crippen molar-refractivity contribution in [3.05, 3.63) is 64.7 Å². The zero-order chi connectivity index (χ0) is 17.6. The molecular weight excluding hydrogens is 371 g/mol. The number of rotatable bonds is 8. The normalized spacial score (nSPS) is 14.2. The van der Waals surface area contributed by atoms with Gasteiger partial charge in [-0.05, 0) is 43.0 Å². The van der Waals surface area contributed by atoms with Gasteiger partial charge in [-0.2, -0.15) is 0 Å². The minimum Gasteiger partial charge on any atom is -0.496 e. The van der Waals surface area contributed by atoms with Gasteiger partial charge in [0, 0.05) is 10.6 Å². The second kappa shape index (κ2) is 9.81. The minimum atomic E-state index is -0.361. The third-order valence-corrected chi connectivity index (χ3v) is 4.73. The van der Waals surface area contributed by atoms with E-state index in [4.69, 9.17) is 16.3 Å². The Hall–Kier alpha value is -1.75. The van der Waals surface area contributed by atoms with Gasteiger partial charge < -0.3 is 15.4 Å². The van der Waals surface area contributed by atoms with E-state index >= 15 is 0 Å². The smallest absolute Gasteiger partial charge is 0.234 e. The molecule has 6 heteroatoms. The predicted octanol–water partition coefficient (Wildman–Crippen LogP) is 3.98. The predicted molar refractivity (Wildman–Crippen MR) is 107 cm³/mol. The number of nitrogens with one attached hydrogen (secondary N) is 2. The van der Waals surface area contributed by atoms with Crippen LogP contribution in [0.3, 0.4) is 0 Å². The Morgan fingerprint density at radius 1 is 1.15 bits per heavy atom. The highest BCUT2D eigenvalue weighted by molar-refractivity contribution is 6.31. The Bertz CT molecular complexity index is 735. The van der Waals surface area contributed by atoms with Crippen LogP contribution >= 0.6 is 24.0 Å². The molecule has 1 fully saturated rings. The summed E-state index contributed by atoms with van der Waals surface area (Å²) in [5, 5.41) is 6.93. The van der Waals surface area contributed by atoms with E-state index in [-0.39, 0.29) is 24.4 Å². The number of carbonyl (C=O) groups excluding carboxylic acids is 1. The molecule has 0 spiro atoms. The van der Waals surface area contributed by atoms with Crippen LogP contribution in [0, 0.1) is 5.92 Å². The number of benzene rings is 2. The van der Waals surface area contributed by atoms with Crippen molar-refractivity contribution in [3.8, 4) is 5.75 Å². The maximum atomic E-state index is 12.5. The van der Waals surface area contributed by atoms with E-state index in [9.17, 15) is 4.79 Å². The van der Waals surface area contributed by atoms with Crippen molar-refractivity contribution in [2.45, 2.75) is 18.9 Å². The highest BCUT2D eigenvalue weighted by atomic mass is 35.5. The molecule has 0 aliphatic heterocycles. The third kappa shape index (κ3) is 5.37. The SMILES string of the molecule is COc1ccccc1C(NC(=O)CNCC1CC1)c1ccccc1Cl.Cl. The summed E-state index contributed by atoms with van der Waals surface area (Å²) in [6.45, 7) is 1.20. The summed E-state index contributed by atoms with van der Waals surface area (Å²) in [5.41, 5.74) is 1.73. The van der Waals surface area contributed by atoms with Crippen LogP contribution in [0.25, 0.3) is 0 Å². The average Bonchev–Trinajstić information content (AvgIpc) is 3.45. The lowest BCUT2D eigenvalue weighted by atomic mass is 9.97. The molecule has 0 bridgehead atoms. The summed E-state index contributed by atoms with van der Waals surface area (Å²) in [6.07, 6.45) is 2.52. The maximum Gasteiger partial charge on any atom is 0.234 e. The van der Waals surface area contributed by atoms with E-state index in [1.165, 1.54) is 12.8 Å². The van der Waals surface area contributed by atoms with Gasteiger partial charge in [0.1, 0.15) is 5.75 Å². The average molecular weight is 395 g/mol. The van der Waals surface area contributed by atoms with Gasteiger partial charge in [-0.1, -0.05) is 48.0 Å². The maximum absolute atomic E-state index is 12.5. The van der Waals surface area contributed by atoms with Gasteiger partial charge in [-0.3, -0.25) is 4.79 Å². The number of hydrogen-bond acceptors (Lipinski definition) is 3. The molecule has 26 heavy (non-hydrogen) atoms. The molecular formula is C20H24Cl2N2O2. The Kier molecular flexibility index (Phi) is 7.76. The highest BCUT2D eigenvalue weighted by Gasteiger charge is 2.23. The second-order valence-electron chi connectivity index (χ2n) is 6.34. The van der Waals surface area contributed by atoms with Gasteiger partial charge in [0.2, 0.25) is 5.91 Å². The fraction of sp³-hybridized carbons (Fsp3) is 0.350. The summed E-state index contributed by atoms with van der Waals surface area (Å²) in [6, 6.07) is 14.9. The van der Waals surface area contributed by atoms with Crippen LogP contribution < -0.4 is 15.4 Å². The van der Waals surface area contributed by atoms with Crippen LogP contribution in [-0.4, -0.2) is 26.1 Å². The van der Waals surface area contributed by atoms with Crippen molar-refractivity contribution >= 4 is 29.9 Å². The lowest BCUT2D eigenvalue weighted by Gasteiger charge is -2.23. The molecule has 0 saturated heterocycles. The Labute approximate surface area is 165 Å². The summed E-state index contributed by atoms with van der Waals surface area (Å²) in [7, 11) is 1.63. The first-order valence-corrected chi connectivity index (χ1v) is 8.94. The zero-order valence-corrected chi connectivity index (χ0v) is 16.3. The first kappa shape index (κ1) is 20.6. The number of halogens is 2. The quantitative estimate of drug-likeness (QED) is 0.711. The van der Waals surface area contributed by atoms with E-state index in [0.29, 0.717) is 11.6 Å². The molecule has 0 aromatic heterocycles. The van der Waals surface area contributed by atoms with Crippen LogP contribution in [-0.2, 0) is 4.79 Å². The molecule has 1 amide bonds. The third-order valence-electron chi connectivity index (χ3n) is 4.39. The molecule has 1 unspecified atom stereocenters. The molecule has 2 N–H and O–H groups in total. The number of carbonyl (C=O) groups is 1. The van der Waals surface area contributed by atoms with Crippen molar-refractivity contribution in [3.63, 3.8) is 0 Å². The van der Waals surface area contributed by atoms with Gasteiger partial charge >= 0.3 is 0 Å². The molecule has 1 saturated carbocycles. The van der Waals surface area contributed by atoms with Gasteiger partial charge in [-0.15, -0.1) is 12.4 Å². The summed E-state index contributed by atoms with van der Waals surface area (Å²) in [4.78, 5) is 12.5. The number of amides is 1. The van der Waals surface area contributed by atoms with Crippen molar-refractivity contribution < 1.29 is 9.53 Å². The standard InChI is InChI=1S/C20H23ClN2O2.ClH/c1-25-18-9-5-3-7-16(18)20(15-6-2-4-8-17(15)21)23-19(24)13-22-12-14-10-11-14;/h2-9,14,20,22H,10-13H2,1H3,(H,23,24);1H. The van der Waals surface area contributed by atoms with Crippen LogP contribution in [0.15, 0.2) is 48.5 Å². The molecule has 1 atom stereocenters. The van der Waals surface area contributed by atoms with Crippen LogP contribution in [0.2, 0.25) is 5.02 Å². The minimum absolute atomic E-state index is 0. The molecule has 2 aromatic carbocycles. The summed E-state index contributed by atoms with van der Waals surface area (Å²) >= 11 is 6.39. The molecule has 1 aliphatic rings. The molecule has 1 aliphatic carbocycles. The van der Waals surface area contributed by atoms with E-state index in [1.807, 2.05) is 48.5 Å².